The second-order valence-corrected chi connectivity index (χ2v) is 12.4. The molecule has 5 aromatic heterocycles. The number of rotatable bonds is 2. The third kappa shape index (κ3) is 3.22. The summed E-state index contributed by atoms with van der Waals surface area (Å²) in [5.74, 6) is 0.559. The van der Waals surface area contributed by atoms with E-state index < -0.39 is 0 Å². The maximum absolute atomic E-state index is 7.43. The van der Waals surface area contributed by atoms with Gasteiger partial charge in [-0.2, -0.15) is 4.98 Å². The van der Waals surface area contributed by atoms with Gasteiger partial charge in [0.15, 0.2) is 11.3 Å². The number of nitrogens with zero attached hydrogens (tertiary/aromatic N) is 6. The van der Waals surface area contributed by atoms with Crippen molar-refractivity contribution >= 4 is 87.4 Å². The second-order valence-electron chi connectivity index (χ2n) is 12.4. The molecule has 0 saturated carbocycles. The van der Waals surface area contributed by atoms with E-state index in [4.69, 9.17) is 21.5 Å². The molecule has 6 nitrogen and oxygen atoms in total. The summed E-state index contributed by atoms with van der Waals surface area (Å²) in [5.41, 5.74) is 8.62. The first-order chi connectivity index (χ1) is 23.8. The van der Waals surface area contributed by atoms with Crippen LogP contribution in [0.25, 0.3) is 104 Å². The number of benzene rings is 6. The van der Waals surface area contributed by atoms with Crippen LogP contribution in [0.5, 0.6) is 0 Å². The van der Waals surface area contributed by atoms with Crippen LogP contribution in [0.15, 0.2) is 134 Å². The third-order valence-electron chi connectivity index (χ3n) is 9.90. The molecule has 6 heteroatoms. The van der Waals surface area contributed by atoms with Crippen molar-refractivity contribution in [2.75, 3.05) is 0 Å². The Morgan fingerprint density at radius 3 is 2.10 bits per heavy atom. The number of para-hydroxylation sites is 2. The van der Waals surface area contributed by atoms with Crippen molar-refractivity contribution in [3.63, 3.8) is 0 Å². The first-order valence-electron chi connectivity index (χ1n) is 15.9. The Bertz CT molecular complexity index is 3180. The predicted octanol–water partition coefficient (Wildman–Crippen LogP) is 10.6. The standard InChI is InChI=1S/C42H22N6/c1-43-27-18-16-24(17-19-27)39-30-13-8-20-44-41(30)46-42(45-39)48-34-15-7-5-12-29(34)37-36(48)23-31-28-11-4-6-14-33(28)47-35-22-26-10-3-2-9-25(26)21-32(35)38(37)40(31)47/h2-23H. The maximum atomic E-state index is 7.43. The smallest absolute Gasteiger partial charge is 0.237 e. The SMILES string of the molecule is [C-]#[N+]c1ccc(-c2nc(-n3c4ccccc4c4c5c6cc7ccccc7cc6n6c7ccccc7c(cc43)c56)nc3ncccc23)cc1. The van der Waals surface area contributed by atoms with Crippen LogP contribution in [0.1, 0.15) is 0 Å². The molecule has 0 bridgehead atoms. The van der Waals surface area contributed by atoms with Crippen LogP contribution in [0.3, 0.4) is 0 Å². The maximum Gasteiger partial charge on any atom is 0.237 e. The van der Waals surface area contributed by atoms with Crippen molar-refractivity contribution in [2.24, 2.45) is 0 Å². The highest BCUT2D eigenvalue weighted by molar-refractivity contribution is 6.36. The highest BCUT2D eigenvalue weighted by Gasteiger charge is 2.25. The van der Waals surface area contributed by atoms with Crippen LogP contribution in [-0.4, -0.2) is 23.9 Å². The van der Waals surface area contributed by atoms with Crippen molar-refractivity contribution in [1.29, 1.82) is 0 Å². The lowest BCUT2D eigenvalue weighted by Gasteiger charge is -2.11. The van der Waals surface area contributed by atoms with Gasteiger partial charge < -0.3 is 4.40 Å². The highest BCUT2D eigenvalue weighted by Crippen LogP contribution is 2.47. The summed E-state index contributed by atoms with van der Waals surface area (Å²) in [6, 6.07) is 44.4. The molecule has 0 aliphatic carbocycles. The van der Waals surface area contributed by atoms with Crippen molar-refractivity contribution in [3.8, 4) is 17.2 Å². The predicted molar refractivity (Wildman–Crippen MR) is 196 cm³/mol. The Morgan fingerprint density at radius 1 is 0.542 bits per heavy atom. The zero-order chi connectivity index (χ0) is 31.5. The van der Waals surface area contributed by atoms with Crippen molar-refractivity contribution in [3.05, 3.63) is 145 Å². The zero-order valence-electron chi connectivity index (χ0n) is 25.4. The van der Waals surface area contributed by atoms with Gasteiger partial charge in [-0.3, -0.25) is 4.57 Å². The quantitative estimate of drug-likeness (QED) is 0.183. The van der Waals surface area contributed by atoms with Crippen molar-refractivity contribution < 1.29 is 0 Å². The number of aromatic nitrogens is 5. The number of fused-ring (bicyclic) bond motifs is 12. The normalized spacial score (nSPS) is 12.1. The van der Waals surface area contributed by atoms with Crippen LogP contribution in [0.4, 0.5) is 5.69 Å². The van der Waals surface area contributed by atoms with Crippen LogP contribution in [-0.2, 0) is 0 Å². The molecule has 6 aromatic carbocycles. The lowest BCUT2D eigenvalue weighted by Crippen LogP contribution is -2.04. The summed E-state index contributed by atoms with van der Waals surface area (Å²) in [6.07, 6.45) is 1.77. The lowest BCUT2D eigenvalue weighted by molar-refractivity contribution is 1.01. The van der Waals surface area contributed by atoms with E-state index in [-0.39, 0.29) is 0 Å². The molecule has 0 N–H and O–H groups in total. The number of hydrogen-bond acceptors (Lipinski definition) is 3. The fourth-order valence-electron chi connectivity index (χ4n) is 7.88. The summed E-state index contributed by atoms with van der Waals surface area (Å²) in [5, 5.41) is 10.5. The largest absolute Gasteiger partial charge is 0.308 e. The minimum Gasteiger partial charge on any atom is -0.308 e. The first kappa shape index (κ1) is 25.4. The molecule has 0 aliphatic heterocycles. The van der Waals surface area contributed by atoms with Gasteiger partial charge in [-0.05, 0) is 58.8 Å². The third-order valence-corrected chi connectivity index (χ3v) is 9.90. The monoisotopic (exact) mass is 610 g/mol. The first-order valence-corrected chi connectivity index (χ1v) is 15.9. The van der Waals surface area contributed by atoms with E-state index in [2.05, 4.69) is 105 Å². The van der Waals surface area contributed by atoms with Gasteiger partial charge in [0.05, 0.1) is 39.8 Å². The van der Waals surface area contributed by atoms with E-state index >= 15 is 0 Å². The average molecular weight is 611 g/mol. The lowest BCUT2D eigenvalue weighted by atomic mass is 10.0. The molecular weight excluding hydrogens is 589 g/mol. The zero-order valence-corrected chi connectivity index (χ0v) is 25.4. The number of hydrogen-bond donors (Lipinski definition) is 0. The molecule has 11 rings (SSSR count). The molecule has 11 aromatic rings. The summed E-state index contributed by atoms with van der Waals surface area (Å²) in [4.78, 5) is 18.7. The molecule has 5 heterocycles. The molecule has 0 unspecified atom stereocenters. The van der Waals surface area contributed by atoms with E-state index in [0.29, 0.717) is 17.3 Å². The van der Waals surface area contributed by atoms with Gasteiger partial charge in [-0.1, -0.05) is 84.9 Å². The van der Waals surface area contributed by atoms with Crippen LogP contribution in [0.2, 0.25) is 0 Å². The van der Waals surface area contributed by atoms with Gasteiger partial charge in [-0.15, -0.1) is 0 Å². The van der Waals surface area contributed by atoms with Gasteiger partial charge >= 0.3 is 0 Å². The van der Waals surface area contributed by atoms with E-state index in [9.17, 15) is 0 Å². The Morgan fingerprint density at radius 2 is 1.27 bits per heavy atom. The summed E-state index contributed by atoms with van der Waals surface area (Å²) < 4.78 is 4.66. The van der Waals surface area contributed by atoms with Gasteiger partial charge in [0.1, 0.15) is 0 Å². The van der Waals surface area contributed by atoms with Crippen LogP contribution in [0, 0.1) is 6.57 Å². The minimum absolute atomic E-state index is 0.559. The molecular formula is C42H22N6. The summed E-state index contributed by atoms with van der Waals surface area (Å²) in [7, 11) is 0. The molecule has 0 fully saturated rings. The molecule has 0 radical (unpaired) electrons. The molecule has 48 heavy (non-hydrogen) atoms. The average Bonchev–Trinajstić information content (AvgIpc) is 3.77. The topological polar surface area (TPSA) is 52.4 Å². The minimum atomic E-state index is 0.559. The van der Waals surface area contributed by atoms with Crippen LogP contribution < -0.4 is 0 Å². The fourth-order valence-corrected chi connectivity index (χ4v) is 7.88. The molecule has 0 saturated heterocycles. The highest BCUT2D eigenvalue weighted by atomic mass is 15.2. The van der Waals surface area contributed by atoms with E-state index in [1.165, 1.54) is 54.3 Å². The van der Waals surface area contributed by atoms with E-state index in [1.54, 1.807) is 6.20 Å². The van der Waals surface area contributed by atoms with Gasteiger partial charge in [0, 0.05) is 43.9 Å². The second kappa shape index (κ2) is 9.12. The van der Waals surface area contributed by atoms with Gasteiger partial charge in [-0.25, -0.2) is 14.8 Å². The summed E-state index contributed by atoms with van der Waals surface area (Å²) >= 11 is 0. The fraction of sp³-hybridized carbons (Fsp3) is 0. The number of pyridine rings is 1. The molecule has 0 atom stereocenters. The molecule has 0 spiro atoms. The van der Waals surface area contributed by atoms with Crippen molar-refractivity contribution in [2.45, 2.75) is 0 Å². The molecule has 0 amide bonds. The van der Waals surface area contributed by atoms with Crippen LogP contribution >= 0.6 is 0 Å². The Labute approximate surface area is 272 Å². The van der Waals surface area contributed by atoms with E-state index in [0.717, 1.165) is 33.1 Å². The Hall–Kier alpha value is -6.84. The molecule has 0 aliphatic rings. The molecule has 220 valence electrons. The summed E-state index contributed by atoms with van der Waals surface area (Å²) in [6.45, 7) is 7.43. The Kier molecular flexibility index (Phi) is 4.82. The van der Waals surface area contributed by atoms with Crippen molar-refractivity contribution in [1.82, 2.24) is 23.9 Å². The van der Waals surface area contributed by atoms with Gasteiger partial charge in [0.25, 0.3) is 0 Å². The van der Waals surface area contributed by atoms with E-state index in [1.807, 2.05) is 36.4 Å². The Balaban J connectivity index is 1.35. The van der Waals surface area contributed by atoms with Gasteiger partial charge in [0.2, 0.25) is 5.95 Å².